The second kappa shape index (κ2) is 10.3. The number of esters is 1. The first kappa shape index (κ1) is 23.3. The van der Waals surface area contributed by atoms with E-state index in [1.807, 2.05) is 6.07 Å². The third-order valence-electron chi connectivity index (χ3n) is 4.97. The van der Waals surface area contributed by atoms with E-state index < -0.39 is 34.4 Å². The molecule has 0 N–H and O–H groups in total. The normalized spacial score (nSPS) is 16.4. The van der Waals surface area contributed by atoms with Gasteiger partial charge in [-0.1, -0.05) is 24.3 Å². The van der Waals surface area contributed by atoms with Gasteiger partial charge in [-0.15, -0.1) is 0 Å². The summed E-state index contributed by atoms with van der Waals surface area (Å²) in [5.41, 5.74) is 1.39. The van der Waals surface area contributed by atoms with Crippen LogP contribution in [-0.4, -0.2) is 52.9 Å². The highest BCUT2D eigenvalue weighted by Gasteiger charge is 2.31. The molecule has 0 bridgehead atoms. The van der Waals surface area contributed by atoms with Crippen molar-refractivity contribution in [2.45, 2.75) is 18.9 Å². The highest BCUT2D eigenvalue weighted by molar-refractivity contribution is 7.94. The molecule has 1 atom stereocenters. The Hall–Kier alpha value is -3.33. The van der Waals surface area contributed by atoms with Gasteiger partial charge in [0, 0.05) is 17.5 Å². The SMILES string of the molecule is COc1ccc(CCC(=O)OCC(=O)N(c2ccccc2)C2C=CS(=O)(=O)C2)cc1OC. The molecule has 170 valence electrons. The molecular weight excluding hydrogens is 434 g/mol. The van der Waals surface area contributed by atoms with E-state index in [0.717, 1.165) is 11.0 Å². The number of carbonyl (C=O) groups is 2. The Morgan fingerprint density at radius 3 is 2.38 bits per heavy atom. The number of hydrogen-bond acceptors (Lipinski definition) is 7. The van der Waals surface area contributed by atoms with Crippen molar-refractivity contribution in [2.75, 3.05) is 31.5 Å². The quantitative estimate of drug-likeness (QED) is 0.531. The molecule has 9 heteroatoms. The van der Waals surface area contributed by atoms with Crippen molar-refractivity contribution in [3.05, 3.63) is 65.6 Å². The topological polar surface area (TPSA) is 99.2 Å². The number of ether oxygens (including phenoxy) is 3. The van der Waals surface area contributed by atoms with E-state index in [2.05, 4.69) is 0 Å². The Balaban J connectivity index is 1.60. The lowest BCUT2D eigenvalue weighted by Gasteiger charge is -2.27. The van der Waals surface area contributed by atoms with Gasteiger partial charge in [0.2, 0.25) is 0 Å². The van der Waals surface area contributed by atoms with Crippen molar-refractivity contribution in [3.63, 3.8) is 0 Å². The van der Waals surface area contributed by atoms with Crippen LogP contribution in [0.15, 0.2) is 60.0 Å². The number of rotatable bonds is 9. The summed E-state index contributed by atoms with van der Waals surface area (Å²) in [6, 6.07) is 13.4. The number of nitrogens with zero attached hydrogens (tertiary/aromatic N) is 1. The lowest BCUT2D eigenvalue weighted by molar-refractivity contribution is -0.147. The number of methoxy groups -OCH3 is 2. The van der Waals surface area contributed by atoms with Gasteiger partial charge < -0.3 is 19.1 Å². The summed E-state index contributed by atoms with van der Waals surface area (Å²) in [6.45, 7) is -0.482. The zero-order valence-corrected chi connectivity index (χ0v) is 18.7. The van der Waals surface area contributed by atoms with Gasteiger partial charge in [0.25, 0.3) is 5.91 Å². The lowest BCUT2D eigenvalue weighted by atomic mass is 10.1. The Kier molecular flexibility index (Phi) is 7.53. The summed E-state index contributed by atoms with van der Waals surface area (Å²) in [5.74, 6) is -0.0842. The van der Waals surface area contributed by atoms with E-state index in [4.69, 9.17) is 14.2 Å². The van der Waals surface area contributed by atoms with Crippen molar-refractivity contribution in [1.29, 1.82) is 0 Å². The standard InChI is InChI=1S/C23H25NO7S/c1-29-20-10-8-17(14-21(20)30-2)9-11-23(26)31-15-22(25)24(18-6-4-3-5-7-18)19-12-13-32(27,28)16-19/h3-8,10,12-14,19H,9,11,15-16H2,1-2H3. The third-order valence-corrected chi connectivity index (χ3v) is 6.35. The molecule has 3 rings (SSSR count). The first-order chi connectivity index (χ1) is 15.3. The van der Waals surface area contributed by atoms with Crippen LogP contribution in [0.3, 0.4) is 0 Å². The summed E-state index contributed by atoms with van der Waals surface area (Å²) in [4.78, 5) is 26.4. The van der Waals surface area contributed by atoms with E-state index in [-0.39, 0.29) is 12.2 Å². The van der Waals surface area contributed by atoms with Crippen LogP contribution in [0.2, 0.25) is 0 Å². The van der Waals surface area contributed by atoms with E-state index in [1.165, 1.54) is 18.1 Å². The minimum atomic E-state index is -3.36. The molecule has 0 saturated carbocycles. The first-order valence-corrected chi connectivity index (χ1v) is 11.7. The van der Waals surface area contributed by atoms with Gasteiger partial charge in [-0.25, -0.2) is 8.42 Å². The van der Waals surface area contributed by atoms with Crippen LogP contribution in [0.5, 0.6) is 11.5 Å². The van der Waals surface area contributed by atoms with Crippen molar-refractivity contribution < 1.29 is 32.2 Å². The van der Waals surface area contributed by atoms with Crippen molar-refractivity contribution >= 4 is 27.4 Å². The molecule has 1 heterocycles. The molecule has 1 amide bonds. The average Bonchev–Trinajstić information content (AvgIpc) is 3.15. The summed E-state index contributed by atoms with van der Waals surface area (Å²) < 4.78 is 39.3. The monoisotopic (exact) mass is 459 g/mol. The Morgan fingerprint density at radius 2 is 1.75 bits per heavy atom. The van der Waals surface area contributed by atoms with Gasteiger partial charge in [0.15, 0.2) is 27.9 Å². The summed E-state index contributed by atoms with van der Waals surface area (Å²) in [7, 11) is -0.289. The maximum Gasteiger partial charge on any atom is 0.306 e. The fraction of sp³-hybridized carbons (Fsp3) is 0.304. The molecule has 1 aliphatic heterocycles. The van der Waals surface area contributed by atoms with Gasteiger partial charge >= 0.3 is 5.97 Å². The molecule has 8 nitrogen and oxygen atoms in total. The van der Waals surface area contributed by atoms with Crippen LogP contribution < -0.4 is 14.4 Å². The van der Waals surface area contributed by atoms with E-state index in [1.54, 1.807) is 49.6 Å². The van der Waals surface area contributed by atoms with Crippen LogP contribution in [0.25, 0.3) is 0 Å². The first-order valence-electron chi connectivity index (χ1n) is 9.97. The van der Waals surface area contributed by atoms with Crippen LogP contribution in [0, 0.1) is 0 Å². The molecule has 0 saturated heterocycles. The van der Waals surface area contributed by atoms with Crippen molar-refractivity contribution in [1.82, 2.24) is 0 Å². The average molecular weight is 460 g/mol. The maximum absolute atomic E-state index is 12.9. The summed E-state index contributed by atoms with van der Waals surface area (Å²) in [6.07, 6.45) is 1.95. The Bertz CT molecular complexity index is 1100. The second-order valence-corrected chi connectivity index (χ2v) is 9.11. The fourth-order valence-corrected chi connectivity index (χ4v) is 4.66. The predicted octanol–water partition coefficient (Wildman–Crippen LogP) is 2.52. The molecule has 0 aliphatic carbocycles. The predicted molar refractivity (Wildman–Crippen MR) is 119 cm³/mol. The molecule has 1 aliphatic rings. The lowest BCUT2D eigenvalue weighted by Crippen LogP contribution is -2.43. The number of para-hydroxylation sites is 1. The van der Waals surface area contributed by atoms with Gasteiger partial charge in [0.1, 0.15) is 0 Å². The van der Waals surface area contributed by atoms with Gasteiger partial charge in [-0.2, -0.15) is 0 Å². The second-order valence-electron chi connectivity index (χ2n) is 7.17. The van der Waals surface area contributed by atoms with Crippen LogP contribution in [0.4, 0.5) is 5.69 Å². The molecule has 2 aromatic carbocycles. The number of hydrogen-bond donors (Lipinski definition) is 0. The number of benzene rings is 2. The molecule has 0 radical (unpaired) electrons. The van der Waals surface area contributed by atoms with Gasteiger partial charge in [-0.05, 0) is 42.3 Å². The molecular formula is C23H25NO7S. The van der Waals surface area contributed by atoms with Gasteiger partial charge in [0.05, 0.1) is 26.0 Å². The minimum absolute atomic E-state index is 0.0752. The summed E-state index contributed by atoms with van der Waals surface area (Å²) >= 11 is 0. The fourth-order valence-electron chi connectivity index (χ4n) is 3.40. The number of anilines is 1. The maximum atomic E-state index is 12.9. The third kappa shape index (κ3) is 5.88. The number of carbonyl (C=O) groups excluding carboxylic acids is 2. The highest BCUT2D eigenvalue weighted by atomic mass is 32.2. The smallest absolute Gasteiger partial charge is 0.306 e. The van der Waals surface area contributed by atoms with E-state index >= 15 is 0 Å². The zero-order chi connectivity index (χ0) is 23.1. The Labute approximate surface area is 187 Å². The minimum Gasteiger partial charge on any atom is -0.493 e. The Morgan fingerprint density at radius 1 is 1.03 bits per heavy atom. The van der Waals surface area contributed by atoms with Crippen LogP contribution in [-0.2, 0) is 30.6 Å². The largest absolute Gasteiger partial charge is 0.493 e. The molecule has 0 spiro atoms. The molecule has 1 unspecified atom stereocenters. The van der Waals surface area contributed by atoms with E-state index in [0.29, 0.717) is 23.6 Å². The molecule has 0 fully saturated rings. The molecule has 2 aromatic rings. The van der Waals surface area contributed by atoms with Crippen LogP contribution in [0.1, 0.15) is 12.0 Å². The van der Waals surface area contributed by atoms with Crippen LogP contribution >= 0.6 is 0 Å². The van der Waals surface area contributed by atoms with Crippen molar-refractivity contribution in [3.8, 4) is 11.5 Å². The zero-order valence-electron chi connectivity index (χ0n) is 17.9. The summed E-state index contributed by atoms with van der Waals surface area (Å²) in [5, 5.41) is 1.11. The number of sulfone groups is 1. The number of amides is 1. The number of aryl methyl sites for hydroxylation is 1. The highest BCUT2D eigenvalue weighted by Crippen LogP contribution is 2.28. The van der Waals surface area contributed by atoms with Crippen molar-refractivity contribution in [2.24, 2.45) is 0 Å². The molecule has 0 aromatic heterocycles. The van der Waals surface area contributed by atoms with Gasteiger partial charge in [-0.3, -0.25) is 9.59 Å². The van der Waals surface area contributed by atoms with E-state index in [9.17, 15) is 18.0 Å². The molecule has 32 heavy (non-hydrogen) atoms.